The van der Waals surface area contributed by atoms with E-state index in [0.29, 0.717) is 22.3 Å². The van der Waals surface area contributed by atoms with Crippen LogP contribution in [0.25, 0.3) is 0 Å². The molecule has 5 rings (SSSR count). The summed E-state index contributed by atoms with van der Waals surface area (Å²) in [6, 6.07) is 3.46. The molecule has 4 aliphatic carbocycles. The molecule has 7 atom stereocenters. The standard InChI is InChI=1S/C27H37N3O/c1-18(29-30-25(31)19-12-16-28-17-13-19)22-9-10-23-21-8-7-20-6-4-5-14-26(20,2)24(21)11-15-27(22,23)3/h4-5,12-13,16-17,20-24H,6-11,14-15H2,1-3H3,(H,30,31)/b29-18-/t20-,21+,22-,23+,24+,26+,27-/m1/s1. The zero-order valence-electron chi connectivity index (χ0n) is 19.3. The fraction of sp³-hybridized carbons (Fsp3) is 0.667. The van der Waals surface area contributed by atoms with Crippen LogP contribution in [0.3, 0.4) is 0 Å². The molecule has 166 valence electrons. The zero-order valence-corrected chi connectivity index (χ0v) is 19.3. The number of allylic oxidation sites excluding steroid dienone is 2. The van der Waals surface area contributed by atoms with Gasteiger partial charge in [0.2, 0.25) is 0 Å². The summed E-state index contributed by atoms with van der Waals surface area (Å²) in [7, 11) is 0. The number of hydrogen-bond acceptors (Lipinski definition) is 3. The van der Waals surface area contributed by atoms with E-state index >= 15 is 0 Å². The second-order valence-electron chi connectivity index (χ2n) is 11.2. The molecule has 4 nitrogen and oxygen atoms in total. The summed E-state index contributed by atoms with van der Waals surface area (Å²) in [5, 5.41) is 4.59. The van der Waals surface area contributed by atoms with E-state index in [2.05, 4.69) is 48.4 Å². The first kappa shape index (κ1) is 20.9. The van der Waals surface area contributed by atoms with Gasteiger partial charge < -0.3 is 0 Å². The van der Waals surface area contributed by atoms with Gasteiger partial charge in [-0.05, 0) is 105 Å². The van der Waals surface area contributed by atoms with Gasteiger partial charge in [-0.15, -0.1) is 0 Å². The summed E-state index contributed by atoms with van der Waals surface area (Å²) in [6.07, 6.45) is 18.8. The molecule has 0 radical (unpaired) electrons. The molecule has 3 saturated carbocycles. The smallest absolute Gasteiger partial charge is 0.267 e. The minimum Gasteiger partial charge on any atom is -0.267 e. The molecular formula is C27H37N3O. The summed E-state index contributed by atoms with van der Waals surface area (Å²) in [4.78, 5) is 16.4. The third kappa shape index (κ3) is 3.37. The van der Waals surface area contributed by atoms with Crippen molar-refractivity contribution < 1.29 is 4.79 Å². The summed E-state index contributed by atoms with van der Waals surface area (Å²) < 4.78 is 0. The van der Waals surface area contributed by atoms with Gasteiger partial charge in [0.1, 0.15) is 0 Å². The van der Waals surface area contributed by atoms with Crippen LogP contribution in [0, 0.1) is 40.4 Å². The van der Waals surface area contributed by atoms with Gasteiger partial charge in [-0.25, -0.2) is 5.43 Å². The maximum absolute atomic E-state index is 12.4. The van der Waals surface area contributed by atoms with Crippen LogP contribution >= 0.6 is 0 Å². The normalized spacial score (nSPS) is 41.8. The molecule has 0 saturated heterocycles. The zero-order chi connectivity index (χ0) is 21.6. The van der Waals surface area contributed by atoms with E-state index in [4.69, 9.17) is 0 Å². The number of hydrazone groups is 1. The highest BCUT2D eigenvalue weighted by Crippen LogP contribution is 2.67. The van der Waals surface area contributed by atoms with Crippen LogP contribution in [-0.4, -0.2) is 16.6 Å². The van der Waals surface area contributed by atoms with Gasteiger partial charge >= 0.3 is 0 Å². The monoisotopic (exact) mass is 419 g/mol. The fourth-order valence-electron chi connectivity index (χ4n) is 8.31. The number of amides is 1. The molecule has 1 heterocycles. The van der Waals surface area contributed by atoms with Crippen molar-refractivity contribution in [2.45, 2.75) is 72.1 Å². The molecule has 1 N–H and O–H groups in total. The number of nitrogens with one attached hydrogen (secondary N) is 1. The molecule has 0 aliphatic heterocycles. The van der Waals surface area contributed by atoms with Gasteiger partial charge in [-0.2, -0.15) is 5.10 Å². The van der Waals surface area contributed by atoms with Crippen LogP contribution in [0.4, 0.5) is 0 Å². The Balaban J connectivity index is 1.32. The number of carbonyl (C=O) groups is 1. The number of fused-ring (bicyclic) bond motifs is 5. The Morgan fingerprint density at radius 1 is 1.03 bits per heavy atom. The van der Waals surface area contributed by atoms with Gasteiger partial charge in [-0.3, -0.25) is 9.78 Å². The van der Waals surface area contributed by atoms with E-state index in [-0.39, 0.29) is 5.91 Å². The minimum absolute atomic E-state index is 0.151. The van der Waals surface area contributed by atoms with Crippen molar-refractivity contribution in [1.29, 1.82) is 0 Å². The molecule has 31 heavy (non-hydrogen) atoms. The third-order valence-corrected chi connectivity index (χ3v) is 9.99. The lowest BCUT2D eigenvalue weighted by atomic mass is 9.45. The van der Waals surface area contributed by atoms with E-state index in [9.17, 15) is 4.79 Å². The van der Waals surface area contributed by atoms with Crippen LogP contribution in [0.15, 0.2) is 41.8 Å². The molecule has 4 heteroatoms. The average molecular weight is 420 g/mol. The first-order valence-corrected chi connectivity index (χ1v) is 12.3. The van der Waals surface area contributed by atoms with Crippen LogP contribution < -0.4 is 5.43 Å². The highest BCUT2D eigenvalue weighted by molar-refractivity contribution is 5.95. The number of aromatic nitrogens is 1. The number of rotatable bonds is 3. The van der Waals surface area contributed by atoms with Crippen molar-refractivity contribution in [3.05, 3.63) is 42.2 Å². The van der Waals surface area contributed by atoms with Gasteiger partial charge in [-0.1, -0.05) is 26.0 Å². The number of pyridine rings is 1. The Morgan fingerprint density at radius 2 is 1.81 bits per heavy atom. The lowest BCUT2D eigenvalue weighted by molar-refractivity contribution is -0.0913. The number of carbonyl (C=O) groups excluding carboxylic acids is 1. The van der Waals surface area contributed by atoms with E-state index in [1.807, 2.05) is 0 Å². The highest BCUT2D eigenvalue weighted by Gasteiger charge is 2.59. The van der Waals surface area contributed by atoms with Crippen molar-refractivity contribution in [3.63, 3.8) is 0 Å². The molecule has 1 aromatic rings. The van der Waals surface area contributed by atoms with Crippen LogP contribution in [0.1, 0.15) is 82.5 Å². The van der Waals surface area contributed by atoms with E-state index in [1.165, 1.54) is 51.4 Å². The largest absolute Gasteiger partial charge is 0.271 e. The van der Waals surface area contributed by atoms with Crippen molar-refractivity contribution in [1.82, 2.24) is 10.4 Å². The van der Waals surface area contributed by atoms with Crippen LogP contribution in [0.5, 0.6) is 0 Å². The maximum atomic E-state index is 12.4. The number of hydrogen-bond donors (Lipinski definition) is 1. The van der Waals surface area contributed by atoms with Crippen molar-refractivity contribution in [2.75, 3.05) is 0 Å². The van der Waals surface area contributed by atoms with Gasteiger partial charge in [0, 0.05) is 29.6 Å². The Kier molecular flexibility index (Phi) is 5.30. The minimum atomic E-state index is -0.151. The molecule has 1 aromatic heterocycles. The molecule has 0 unspecified atom stereocenters. The summed E-state index contributed by atoms with van der Waals surface area (Å²) >= 11 is 0. The average Bonchev–Trinajstić information content (AvgIpc) is 3.14. The Labute approximate surface area is 187 Å². The van der Waals surface area contributed by atoms with Gasteiger partial charge in [0.15, 0.2) is 0 Å². The molecule has 0 aromatic carbocycles. The van der Waals surface area contributed by atoms with E-state index < -0.39 is 0 Å². The highest BCUT2D eigenvalue weighted by atomic mass is 16.2. The third-order valence-electron chi connectivity index (χ3n) is 9.99. The van der Waals surface area contributed by atoms with E-state index in [0.717, 1.165) is 29.4 Å². The second-order valence-corrected chi connectivity index (χ2v) is 11.2. The second kappa shape index (κ2) is 7.86. The predicted octanol–water partition coefficient (Wildman–Crippen LogP) is 6.01. The molecular weight excluding hydrogens is 382 g/mol. The van der Waals surface area contributed by atoms with Crippen LogP contribution in [-0.2, 0) is 0 Å². The molecule has 3 fully saturated rings. The topological polar surface area (TPSA) is 54.4 Å². The SMILES string of the molecule is C/C(=N/NC(=O)c1ccncc1)[C@H]1CC[C@H]2[C@@H]3CC[C@H]4CC=CC[C@]4(C)[C@H]3CC[C@]12C. The van der Waals surface area contributed by atoms with Gasteiger partial charge in [0.05, 0.1) is 0 Å². The number of nitrogens with zero attached hydrogens (tertiary/aromatic N) is 2. The molecule has 4 aliphatic rings. The Hall–Kier alpha value is -1.97. The van der Waals surface area contributed by atoms with Crippen molar-refractivity contribution >= 4 is 11.6 Å². The first-order valence-electron chi connectivity index (χ1n) is 12.3. The molecule has 1 amide bonds. The van der Waals surface area contributed by atoms with Crippen molar-refractivity contribution in [2.24, 2.45) is 45.5 Å². The summed E-state index contributed by atoms with van der Waals surface area (Å²) in [5.74, 6) is 3.79. The molecule has 0 bridgehead atoms. The lowest BCUT2D eigenvalue weighted by Gasteiger charge is -2.59. The lowest BCUT2D eigenvalue weighted by Crippen LogP contribution is -2.52. The Morgan fingerprint density at radius 3 is 2.61 bits per heavy atom. The van der Waals surface area contributed by atoms with E-state index in [1.54, 1.807) is 24.5 Å². The van der Waals surface area contributed by atoms with Crippen molar-refractivity contribution in [3.8, 4) is 0 Å². The predicted molar refractivity (Wildman–Crippen MR) is 125 cm³/mol. The summed E-state index contributed by atoms with van der Waals surface area (Å²) in [6.45, 7) is 7.26. The summed E-state index contributed by atoms with van der Waals surface area (Å²) in [5.41, 5.74) is 5.35. The fourth-order valence-corrected chi connectivity index (χ4v) is 8.31. The van der Waals surface area contributed by atoms with Crippen LogP contribution in [0.2, 0.25) is 0 Å². The maximum Gasteiger partial charge on any atom is 0.271 e. The quantitative estimate of drug-likeness (QED) is 0.370. The first-order chi connectivity index (χ1) is 14.9. The molecule has 0 spiro atoms. The Bertz CT molecular complexity index is 893. The van der Waals surface area contributed by atoms with Gasteiger partial charge in [0.25, 0.3) is 5.91 Å².